The van der Waals surface area contributed by atoms with E-state index >= 15 is 0 Å². The van der Waals surface area contributed by atoms with Gasteiger partial charge in [0.2, 0.25) is 0 Å². The van der Waals surface area contributed by atoms with Crippen LogP contribution in [0, 0.1) is 11.6 Å². The van der Waals surface area contributed by atoms with Crippen molar-refractivity contribution in [2.24, 2.45) is 0 Å². The van der Waals surface area contributed by atoms with Crippen molar-refractivity contribution in [1.29, 1.82) is 0 Å². The number of hydrogen-bond acceptors (Lipinski definition) is 2. The molecule has 0 radical (unpaired) electrons. The van der Waals surface area contributed by atoms with Crippen molar-refractivity contribution in [3.05, 3.63) is 56.7 Å². The van der Waals surface area contributed by atoms with Crippen molar-refractivity contribution in [1.82, 2.24) is 5.32 Å². The van der Waals surface area contributed by atoms with Crippen LogP contribution in [-0.4, -0.2) is 6.54 Å². The average Bonchev–Trinajstić information content (AvgIpc) is 2.73. The molecular formula is C14H14ClF2NS. The van der Waals surface area contributed by atoms with Crippen molar-refractivity contribution in [3.8, 4) is 0 Å². The molecular weight excluding hydrogens is 288 g/mol. The summed E-state index contributed by atoms with van der Waals surface area (Å²) in [6.07, 6.45) is 0.503. The first-order valence-corrected chi connectivity index (χ1v) is 7.27. The Balaban J connectivity index is 2.23. The number of benzene rings is 1. The number of rotatable bonds is 5. The Labute approximate surface area is 120 Å². The van der Waals surface area contributed by atoms with Gasteiger partial charge in [0.15, 0.2) is 0 Å². The Kier molecular flexibility index (Phi) is 4.91. The quantitative estimate of drug-likeness (QED) is 0.853. The van der Waals surface area contributed by atoms with E-state index in [9.17, 15) is 8.78 Å². The zero-order valence-electron chi connectivity index (χ0n) is 10.4. The predicted octanol–water partition coefficient (Wildman–Crippen LogP) is 4.57. The molecule has 19 heavy (non-hydrogen) atoms. The molecule has 1 aromatic heterocycles. The monoisotopic (exact) mass is 301 g/mol. The van der Waals surface area contributed by atoms with E-state index in [0.717, 1.165) is 17.5 Å². The first-order valence-electron chi connectivity index (χ1n) is 6.01. The molecule has 0 amide bonds. The molecule has 0 bridgehead atoms. The van der Waals surface area contributed by atoms with E-state index in [1.54, 1.807) is 11.3 Å². The number of halogens is 3. The molecule has 0 aliphatic carbocycles. The maximum absolute atomic E-state index is 13.2. The molecule has 1 unspecified atom stereocenters. The number of likely N-dealkylation sites (N-methyl/N-ethyl adjacent to an activating group) is 1. The normalized spacial score (nSPS) is 12.6. The predicted molar refractivity (Wildman–Crippen MR) is 75.8 cm³/mol. The molecule has 2 rings (SSSR count). The minimum absolute atomic E-state index is 0.0290. The molecule has 2 aromatic rings. The van der Waals surface area contributed by atoms with Crippen molar-refractivity contribution in [2.75, 3.05) is 6.54 Å². The van der Waals surface area contributed by atoms with Crippen molar-refractivity contribution < 1.29 is 8.78 Å². The van der Waals surface area contributed by atoms with Crippen LogP contribution < -0.4 is 5.32 Å². The molecule has 0 fully saturated rings. The molecule has 0 aliphatic rings. The van der Waals surface area contributed by atoms with Gasteiger partial charge in [0, 0.05) is 17.0 Å². The van der Waals surface area contributed by atoms with Crippen LogP contribution in [0.25, 0.3) is 0 Å². The lowest BCUT2D eigenvalue weighted by atomic mass is 10.0. The first kappa shape index (κ1) is 14.4. The van der Waals surface area contributed by atoms with E-state index in [-0.39, 0.29) is 6.04 Å². The molecule has 102 valence electrons. The minimum atomic E-state index is -0.553. The summed E-state index contributed by atoms with van der Waals surface area (Å²) < 4.78 is 26.4. The molecule has 1 nitrogen and oxygen atoms in total. The van der Waals surface area contributed by atoms with Gasteiger partial charge in [-0.05, 0) is 42.1 Å². The van der Waals surface area contributed by atoms with Gasteiger partial charge in [0.25, 0.3) is 0 Å². The van der Waals surface area contributed by atoms with Gasteiger partial charge in [0.1, 0.15) is 11.6 Å². The summed E-state index contributed by atoms with van der Waals surface area (Å²) in [6.45, 7) is 2.75. The van der Waals surface area contributed by atoms with Gasteiger partial charge in [-0.15, -0.1) is 11.3 Å². The van der Waals surface area contributed by atoms with Crippen LogP contribution in [0.15, 0.2) is 29.6 Å². The van der Waals surface area contributed by atoms with Gasteiger partial charge in [-0.3, -0.25) is 0 Å². The van der Waals surface area contributed by atoms with Crippen molar-refractivity contribution in [3.63, 3.8) is 0 Å². The first-order chi connectivity index (χ1) is 9.10. The molecule has 0 saturated heterocycles. The zero-order valence-corrected chi connectivity index (χ0v) is 12.0. The van der Waals surface area contributed by atoms with E-state index in [4.69, 9.17) is 11.6 Å². The highest BCUT2D eigenvalue weighted by atomic mass is 35.5. The van der Waals surface area contributed by atoms with Gasteiger partial charge in [-0.25, -0.2) is 8.78 Å². The van der Waals surface area contributed by atoms with Gasteiger partial charge < -0.3 is 5.32 Å². The number of thiophene rings is 1. The fourth-order valence-electron chi connectivity index (χ4n) is 2.02. The SMILES string of the molecule is CCNC(Cc1cc(F)cc(F)c1)c1sccc1Cl. The highest BCUT2D eigenvalue weighted by molar-refractivity contribution is 7.10. The third-order valence-corrected chi connectivity index (χ3v) is 4.25. The summed E-state index contributed by atoms with van der Waals surface area (Å²) in [5.41, 5.74) is 0.618. The summed E-state index contributed by atoms with van der Waals surface area (Å²) in [4.78, 5) is 0.994. The third-order valence-electron chi connectivity index (χ3n) is 2.77. The van der Waals surface area contributed by atoms with E-state index < -0.39 is 11.6 Å². The summed E-state index contributed by atoms with van der Waals surface area (Å²) in [5.74, 6) is -1.11. The molecule has 5 heteroatoms. The van der Waals surface area contributed by atoms with E-state index in [2.05, 4.69) is 5.32 Å². The minimum Gasteiger partial charge on any atom is -0.309 e. The molecule has 0 aliphatic heterocycles. The summed E-state index contributed by atoms with van der Waals surface area (Å²) in [7, 11) is 0. The highest BCUT2D eigenvalue weighted by Gasteiger charge is 2.16. The van der Waals surface area contributed by atoms with Crippen LogP contribution in [-0.2, 0) is 6.42 Å². The third kappa shape index (κ3) is 3.75. The molecule has 1 atom stereocenters. The lowest BCUT2D eigenvalue weighted by Crippen LogP contribution is -2.22. The van der Waals surface area contributed by atoms with Crippen LogP contribution in [0.1, 0.15) is 23.4 Å². The van der Waals surface area contributed by atoms with Crippen LogP contribution in [0.3, 0.4) is 0 Å². The molecule has 1 N–H and O–H groups in total. The van der Waals surface area contributed by atoms with Gasteiger partial charge in [-0.1, -0.05) is 18.5 Å². The van der Waals surface area contributed by atoms with Crippen LogP contribution in [0.2, 0.25) is 5.02 Å². The van der Waals surface area contributed by atoms with Crippen molar-refractivity contribution >= 4 is 22.9 Å². The standard InChI is InChI=1S/C14H14ClF2NS/c1-2-18-13(14-12(15)3-4-19-14)7-9-5-10(16)8-11(17)6-9/h3-6,8,13,18H,2,7H2,1H3. The zero-order chi connectivity index (χ0) is 13.8. The lowest BCUT2D eigenvalue weighted by Gasteiger charge is -2.17. The van der Waals surface area contributed by atoms with Crippen LogP contribution in [0.5, 0.6) is 0 Å². The second-order valence-corrected chi connectivity index (χ2v) is 5.58. The Hall–Kier alpha value is -0.970. The maximum atomic E-state index is 13.2. The molecule has 0 spiro atoms. The van der Waals surface area contributed by atoms with Gasteiger partial charge >= 0.3 is 0 Å². The van der Waals surface area contributed by atoms with E-state index in [1.807, 2.05) is 18.4 Å². The number of nitrogens with one attached hydrogen (secondary N) is 1. The largest absolute Gasteiger partial charge is 0.309 e. The smallest absolute Gasteiger partial charge is 0.126 e. The fourth-order valence-corrected chi connectivity index (χ4v) is 3.29. The average molecular weight is 302 g/mol. The van der Waals surface area contributed by atoms with Gasteiger partial charge in [-0.2, -0.15) is 0 Å². The Morgan fingerprint density at radius 3 is 2.47 bits per heavy atom. The molecule has 0 saturated carbocycles. The number of hydrogen-bond donors (Lipinski definition) is 1. The second kappa shape index (κ2) is 6.46. The van der Waals surface area contributed by atoms with Gasteiger partial charge in [0.05, 0.1) is 5.02 Å². The molecule has 1 aromatic carbocycles. The van der Waals surface area contributed by atoms with Crippen LogP contribution >= 0.6 is 22.9 Å². The highest BCUT2D eigenvalue weighted by Crippen LogP contribution is 2.31. The fraction of sp³-hybridized carbons (Fsp3) is 0.286. The Bertz CT molecular complexity index is 536. The molecule has 1 heterocycles. The summed E-state index contributed by atoms with van der Waals surface area (Å²) in [5, 5.41) is 5.89. The Morgan fingerprint density at radius 1 is 1.26 bits per heavy atom. The lowest BCUT2D eigenvalue weighted by molar-refractivity contribution is 0.545. The van der Waals surface area contributed by atoms with Crippen LogP contribution in [0.4, 0.5) is 8.78 Å². The van der Waals surface area contributed by atoms with E-state index in [0.29, 0.717) is 17.0 Å². The summed E-state index contributed by atoms with van der Waals surface area (Å²) >= 11 is 7.66. The Morgan fingerprint density at radius 2 is 1.95 bits per heavy atom. The van der Waals surface area contributed by atoms with E-state index in [1.165, 1.54) is 12.1 Å². The maximum Gasteiger partial charge on any atom is 0.126 e. The topological polar surface area (TPSA) is 12.0 Å². The second-order valence-electron chi connectivity index (χ2n) is 4.22. The summed E-state index contributed by atoms with van der Waals surface area (Å²) in [6, 6.07) is 5.39. The van der Waals surface area contributed by atoms with Crippen molar-refractivity contribution in [2.45, 2.75) is 19.4 Å².